The summed E-state index contributed by atoms with van der Waals surface area (Å²) in [4.78, 5) is 3.84. The lowest BCUT2D eigenvalue weighted by Crippen LogP contribution is -2.34. The monoisotopic (exact) mass is 336 g/mol. The molecule has 0 saturated carbocycles. The van der Waals surface area contributed by atoms with Crippen LogP contribution >= 0.6 is 0 Å². The van der Waals surface area contributed by atoms with Crippen molar-refractivity contribution in [3.63, 3.8) is 0 Å². The van der Waals surface area contributed by atoms with E-state index in [2.05, 4.69) is 19.7 Å². The Balaban J connectivity index is 2.79. The second-order valence-electron chi connectivity index (χ2n) is 4.10. The van der Waals surface area contributed by atoms with Crippen molar-refractivity contribution in [1.29, 1.82) is 0 Å². The van der Waals surface area contributed by atoms with Gasteiger partial charge in [-0.15, -0.1) is 0 Å². The van der Waals surface area contributed by atoms with Gasteiger partial charge in [0.25, 0.3) is 10.0 Å². The summed E-state index contributed by atoms with van der Waals surface area (Å²) in [6.07, 6.45) is 1.37. The van der Waals surface area contributed by atoms with E-state index < -0.39 is 20.0 Å². The summed E-state index contributed by atoms with van der Waals surface area (Å²) in [5, 5.41) is 2.75. The van der Waals surface area contributed by atoms with Crippen LogP contribution in [0.15, 0.2) is 23.4 Å². The fourth-order valence-electron chi connectivity index (χ4n) is 1.60. The predicted octanol–water partition coefficient (Wildman–Crippen LogP) is -0.269. The van der Waals surface area contributed by atoms with Crippen LogP contribution in [0.25, 0.3) is 0 Å². The molecular weight excluding hydrogens is 316 g/mol. The molecule has 0 unspecified atom stereocenters. The highest BCUT2D eigenvalue weighted by atomic mass is 32.2. The van der Waals surface area contributed by atoms with Crippen LogP contribution in [0.2, 0.25) is 0 Å². The fraction of sp³-hybridized carbons (Fsp3) is 0.545. The molecule has 21 heavy (non-hydrogen) atoms. The standard InChI is InChI=1S/C11H20N4O4S2/c1-3-12-10-6-5-7-13-11(10)21(18,19)15-8-9-20(16,17)14-4-2/h5-7,12,14-15H,3-4,8-9H2,1-2H3. The van der Waals surface area contributed by atoms with E-state index in [1.54, 1.807) is 19.1 Å². The Labute approximate surface area is 125 Å². The number of pyridine rings is 1. The third kappa shape index (κ3) is 5.58. The highest BCUT2D eigenvalue weighted by Gasteiger charge is 2.20. The first-order valence-corrected chi connectivity index (χ1v) is 9.62. The van der Waals surface area contributed by atoms with E-state index in [1.165, 1.54) is 6.20 Å². The molecule has 1 heterocycles. The molecule has 0 spiro atoms. The zero-order valence-electron chi connectivity index (χ0n) is 12.0. The Morgan fingerprint density at radius 3 is 2.43 bits per heavy atom. The molecule has 0 atom stereocenters. The number of anilines is 1. The SMILES string of the molecule is CCNc1cccnc1S(=O)(=O)NCCS(=O)(=O)NCC. The molecule has 10 heteroatoms. The van der Waals surface area contributed by atoms with Crippen LogP contribution in [0.3, 0.4) is 0 Å². The van der Waals surface area contributed by atoms with Gasteiger partial charge in [0.05, 0.1) is 11.4 Å². The third-order valence-corrected chi connectivity index (χ3v) is 5.31. The third-order valence-electron chi connectivity index (χ3n) is 2.42. The van der Waals surface area contributed by atoms with E-state index in [4.69, 9.17) is 0 Å². The molecule has 0 aromatic carbocycles. The summed E-state index contributed by atoms with van der Waals surface area (Å²) < 4.78 is 51.7. The highest BCUT2D eigenvalue weighted by Crippen LogP contribution is 2.17. The molecule has 0 radical (unpaired) electrons. The van der Waals surface area contributed by atoms with Crippen LogP contribution < -0.4 is 14.8 Å². The summed E-state index contributed by atoms with van der Waals surface area (Å²) in [6, 6.07) is 3.22. The molecule has 0 amide bonds. The van der Waals surface area contributed by atoms with E-state index in [0.29, 0.717) is 12.2 Å². The lowest BCUT2D eigenvalue weighted by Gasteiger charge is -2.11. The molecule has 8 nitrogen and oxygen atoms in total. The van der Waals surface area contributed by atoms with Crippen molar-refractivity contribution in [2.24, 2.45) is 0 Å². The van der Waals surface area contributed by atoms with Crippen LogP contribution in [0, 0.1) is 0 Å². The highest BCUT2D eigenvalue weighted by molar-refractivity contribution is 7.90. The quantitative estimate of drug-likeness (QED) is 0.571. The number of hydrogen-bond acceptors (Lipinski definition) is 6. The smallest absolute Gasteiger partial charge is 0.260 e. The lowest BCUT2D eigenvalue weighted by molar-refractivity contribution is 0.574. The Hall–Kier alpha value is -1.23. The maximum Gasteiger partial charge on any atom is 0.260 e. The predicted molar refractivity (Wildman–Crippen MR) is 81.1 cm³/mol. The second kappa shape index (κ2) is 7.69. The average molecular weight is 336 g/mol. The summed E-state index contributed by atoms with van der Waals surface area (Å²) in [5.41, 5.74) is 0.377. The topological polar surface area (TPSA) is 117 Å². The first-order chi connectivity index (χ1) is 9.82. The van der Waals surface area contributed by atoms with Gasteiger partial charge < -0.3 is 5.32 Å². The van der Waals surface area contributed by atoms with Gasteiger partial charge in [0.2, 0.25) is 10.0 Å². The Morgan fingerprint density at radius 1 is 1.10 bits per heavy atom. The number of sulfonamides is 2. The van der Waals surface area contributed by atoms with Crippen LogP contribution in [0.1, 0.15) is 13.8 Å². The van der Waals surface area contributed by atoms with Gasteiger partial charge in [-0.3, -0.25) is 0 Å². The van der Waals surface area contributed by atoms with Gasteiger partial charge in [0.1, 0.15) is 0 Å². The van der Waals surface area contributed by atoms with E-state index in [0.717, 1.165) is 0 Å². The Morgan fingerprint density at radius 2 is 1.81 bits per heavy atom. The van der Waals surface area contributed by atoms with Crippen molar-refractivity contribution in [3.8, 4) is 0 Å². The summed E-state index contributed by atoms with van der Waals surface area (Å²) >= 11 is 0. The minimum absolute atomic E-state index is 0.146. The number of nitrogens with zero attached hydrogens (tertiary/aromatic N) is 1. The van der Waals surface area contributed by atoms with E-state index in [-0.39, 0.29) is 23.9 Å². The number of hydrogen-bond donors (Lipinski definition) is 3. The zero-order chi connectivity index (χ0) is 15.9. The fourth-order valence-corrected chi connectivity index (χ4v) is 3.82. The molecule has 0 fully saturated rings. The van der Waals surface area contributed by atoms with Crippen molar-refractivity contribution in [2.75, 3.05) is 30.7 Å². The molecule has 0 saturated heterocycles. The van der Waals surface area contributed by atoms with Crippen molar-refractivity contribution >= 4 is 25.7 Å². The Bertz CT molecular complexity index is 659. The van der Waals surface area contributed by atoms with E-state index in [1.807, 2.05) is 6.92 Å². The first kappa shape index (κ1) is 17.8. The lowest BCUT2D eigenvalue weighted by atomic mass is 10.4. The molecule has 0 aliphatic carbocycles. The first-order valence-electron chi connectivity index (χ1n) is 6.48. The van der Waals surface area contributed by atoms with Gasteiger partial charge in [-0.1, -0.05) is 6.92 Å². The molecule has 0 aliphatic rings. The molecule has 0 aliphatic heterocycles. The molecule has 0 bridgehead atoms. The van der Waals surface area contributed by atoms with Gasteiger partial charge in [-0.05, 0) is 19.1 Å². The number of nitrogens with one attached hydrogen (secondary N) is 3. The van der Waals surface area contributed by atoms with Gasteiger partial charge in [-0.2, -0.15) is 0 Å². The zero-order valence-corrected chi connectivity index (χ0v) is 13.6. The van der Waals surface area contributed by atoms with Crippen LogP contribution in [0.4, 0.5) is 5.69 Å². The molecule has 3 N–H and O–H groups in total. The maximum absolute atomic E-state index is 12.1. The van der Waals surface area contributed by atoms with Gasteiger partial charge in [0, 0.05) is 25.8 Å². The van der Waals surface area contributed by atoms with Gasteiger partial charge >= 0.3 is 0 Å². The van der Waals surface area contributed by atoms with Crippen molar-refractivity contribution in [1.82, 2.24) is 14.4 Å². The summed E-state index contributed by atoms with van der Waals surface area (Å²) in [7, 11) is -7.34. The average Bonchev–Trinajstić information content (AvgIpc) is 2.39. The van der Waals surface area contributed by atoms with Gasteiger partial charge in [0.15, 0.2) is 5.03 Å². The minimum atomic E-state index is -3.87. The molecular formula is C11H20N4O4S2. The van der Waals surface area contributed by atoms with Crippen molar-refractivity contribution < 1.29 is 16.8 Å². The van der Waals surface area contributed by atoms with Crippen LogP contribution in [-0.4, -0.2) is 47.2 Å². The normalized spacial score (nSPS) is 12.3. The molecule has 1 aromatic rings. The van der Waals surface area contributed by atoms with Crippen LogP contribution in [-0.2, 0) is 20.0 Å². The van der Waals surface area contributed by atoms with Gasteiger partial charge in [-0.25, -0.2) is 31.3 Å². The van der Waals surface area contributed by atoms with Crippen molar-refractivity contribution in [2.45, 2.75) is 18.9 Å². The second-order valence-corrected chi connectivity index (χ2v) is 7.71. The largest absolute Gasteiger partial charge is 0.383 e. The number of rotatable bonds is 9. The van der Waals surface area contributed by atoms with E-state index in [9.17, 15) is 16.8 Å². The summed E-state index contributed by atoms with van der Waals surface area (Å²) in [5.74, 6) is -0.330. The Kier molecular flexibility index (Phi) is 6.52. The molecule has 120 valence electrons. The molecule has 1 aromatic heterocycles. The van der Waals surface area contributed by atoms with Crippen LogP contribution in [0.5, 0.6) is 0 Å². The summed E-state index contributed by atoms with van der Waals surface area (Å²) in [6.45, 7) is 4.07. The minimum Gasteiger partial charge on any atom is -0.383 e. The van der Waals surface area contributed by atoms with E-state index >= 15 is 0 Å². The van der Waals surface area contributed by atoms with Crippen molar-refractivity contribution in [3.05, 3.63) is 18.3 Å². The maximum atomic E-state index is 12.1. The molecule has 1 rings (SSSR count). The number of aromatic nitrogens is 1.